The molecule has 0 amide bonds. The van der Waals surface area contributed by atoms with Gasteiger partial charge in [-0.15, -0.1) is 0 Å². The van der Waals surface area contributed by atoms with Crippen molar-refractivity contribution in [2.75, 3.05) is 29.2 Å². The normalized spacial score (nSPS) is 15.2. The third-order valence-corrected chi connectivity index (χ3v) is 6.32. The number of anilines is 5. The van der Waals surface area contributed by atoms with Gasteiger partial charge >= 0.3 is 0 Å². The number of hydrogen-bond acceptors (Lipinski definition) is 9. The van der Waals surface area contributed by atoms with Crippen molar-refractivity contribution < 1.29 is 9.84 Å². The Morgan fingerprint density at radius 3 is 2.78 bits per heavy atom. The van der Waals surface area contributed by atoms with Crippen LogP contribution in [0.15, 0.2) is 41.2 Å². The molecule has 0 bridgehead atoms. The van der Waals surface area contributed by atoms with Gasteiger partial charge in [0.05, 0.1) is 29.2 Å². The number of halogens is 1. The zero-order valence-corrected chi connectivity index (χ0v) is 20.3. The predicted octanol–water partition coefficient (Wildman–Crippen LogP) is 3.60. The van der Waals surface area contributed by atoms with E-state index in [9.17, 15) is 15.2 Å². The quantitative estimate of drug-likeness (QED) is 0.308. The number of ether oxygens (including phenoxy) is 1. The first-order valence-corrected chi connectivity index (χ1v) is 11.6. The second-order valence-electron chi connectivity index (χ2n) is 8.32. The Morgan fingerprint density at radius 1 is 1.22 bits per heavy atom. The van der Waals surface area contributed by atoms with E-state index < -0.39 is 6.23 Å². The van der Waals surface area contributed by atoms with E-state index in [0.29, 0.717) is 63.5 Å². The van der Waals surface area contributed by atoms with Gasteiger partial charge in [-0.25, -0.2) is 9.97 Å². The third-order valence-electron chi connectivity index (χ3n) is 6.02. The lowest BCUT2D eigenvalue weighted by atomic mass is 10.2. The van der Waals surface area contributed by atoms with Crippen LogP contribution < -0.4 is 25.8 Å². The van der Waals surface area contributed by atoms with Crippen molar-refractivity contribution in [2.24, 2.45) is 7.05 Å². The summed E-state index contributed by atoms with van der Waals surface area (Å²) in [6.07, 6.45) is 0.865. The molecule has 4 N–H and O–H groups in total. The monoisotopic (exact) mass is 506 g/mol. The highest BCUT2D eigenvalue weighted by Gasteiger charge is 2.25. The maximum atomic E-state index is 12.8. The molecule has 0 aliphatic carbocycles. The number of benzene rings is 1. The Kier molecular flexibility index (Phi) is 6.13. The summed E-state index contributed by atoms with van der Waals surface area (Å²) >= 11 is 6.27. The fourth-order valence-electron chi connectivity index (χ4n) is 4.34. The number of methoxy groups -OCH3 is 1. The van der Waals surface area contributed by atoms with Gasteiger partial charge in [0.15, 0.2) is 17.1 Å². The van der Waals surface area contributed by atoms with E-state index in [0.717, 1.165) is 6.42 Å². The minimum absolute atomic E-state index is 0.192. The molecular weight excluding hydrogens is 484 g/mol. The second kappa shape index (κ2) is 9.41. The van der Waals surface area contributed by atoms with Crippen LogP contribution >= 0.6 is 11.6 Å². The Hall–Kier alpha value is -4.27. The van der Waals surface area contributed by atoms with E-state index in [1.807, 2.05) is 0 Å². The standard InChI is InChI=1S/C24H23ClN8O3/c1-32-24(35)21-15(27-14-6-3-5-13(25)22(14)36-2)11-19(30-23(21)31-32)29-18-9-8-17(16(12-26)28-18)33-10-4-7-20(33)34/h3,5-6,8-9,11,20,34H,4,7,10H2,1-2H3,(H3,27,28,29,30,31). The van der Waals surface area contributed by atoms with Crippen LogP contribution in [0.25, 0.3) is 11.0 Å². The van der Waals surface area contributed by atoms with Crippen molar-refractivity contribution >= 4 is 51.3 Å². The van der Waals surface area contributed by atoms with Crippen LogP contribution in [0.5, 0.6) is 5.75 Å². The first-order valence-electron chi connectivity index (χ1n) is 11.2. The molecule has 1 aliphatic rings. The molecule has 4 aromatic rings. The molecule has 1 aliphatic heterocycles. The molecule has 0 spiro atoms. The number of pyridine rings is 2. The van der Waals surface area contributed by atoms with Gasteiger partial charge in [0.2, 0.25) is 0 Å². The zero-order chi connectivity index (χ0) is 25.4. The van der Waals surface area contributed by atoms with Crippen molar-refractivity contribution in [3.05, 3.63) is 57.5 Å². The number of nitrogens with one attached hydrogen (secondary N) is 3. The van der Waals surface area contributed by atoms with Crippen molar-refractivity contribution in [1.82, 2.24) is 19.7 Å². The molecule has 11 nitrogen and oxygen atoms in total. The molecule has 184 valence electrons. The average Bonchev–Trinajstić information content (AvgIpc) is 3.41. The van der Waals surface area contributed by atoms with Gasteiger partial charge in [-0.1, -0.05) is 17.7 Å². The largest absolute Gasteiger partial charge is 0.493 e. The Morgan fingerprint density at radius 2 is 2.06 bits per heavy atom. The lowest BCUT2D eigenvalue weighted by Crippen LogP contribution is -2.29. The van der Waals surface area contributed by atoms with Crippen molar-refractivity contribution in [1.29, 1.82) is 5.26 Å². The van der Waals surface area contributed by atoms with E-state index in [1.54, 1.807) is 48.3 Å². The van der Waals surface area contributed by atoms with E-state index in [2.05, 4.69) is 31.8 Å². The van der Waals surface area contributed by atoms with Crippen molar-refractivity contribution in [3.8, 4) is 11.8 Å². The van der Waals surface area contributed by atoms with Crippen LogP contribution in [0, 0.1) is 11.3 Å². The SMILES string of the molecule is COc1c(Cl)cccc1Nc1cc(Nc2ccc(N3CCCC3O)c(C#N)n2)nc2[nH]n(C)c(=O)c12. The van der Waals surface area contributed by atoms with Gasteiger partial charge in [-0.3, -0.25) is 14.6 Å². The number of aromatic amines is 1. The summed E-state index contributed by atoms with van der Waals surface area (Å²) in [5, 5.41) is 29.9. The predicted molar refractivity (Wildman–Crippen MR) is 137 cm³/mol. The van der Waals surface area contributed by atoms with Crippen LogP contribution in [0.1, 0.15) is 18.5 Å². The van der Waals surface area contributed by atoms with Gasteiger partial charge < -0.3 is 25.4 Å². The third kappa shape index (κ3) is 4.17. The number of aryl methyl sites for hydroxylation is 1. The number of nitrogens with zero attached hydrogens (tertiary/aromatic N) is 5. The molecule has 1 fully saturated rings. The maximum Gasteiger partial charge on any atom is 0.277 e. The summed E-state index contributed by atoms with van der Waals surface area (Å²) < 4.78 is 6.77. The van der Waals surface area contributed by atoms with Crippen LogP contribution in [0.4, 0.5) is 28.7 Å². The van der Waals surface area contributed by atoms with E-state index in [4.69, 9.17) is 16.3 Å². The minimum atomic E-state index is -0.631. The minimum Gasteiger partial charge on any atom is -0.493 e. The topological polar surface area (TPSA) is 144 Å². The number of nitriles is 1. The van der Waals surface area contributed by atoms with Crippen LogP contribution in [0.3, 0.4) is 0 Å². The van der Waals surface area contributed by atoms with Crippen LogP contribution in [0.2, 0.25) is 5.02 Å². The summed E-state index contributed by atoms with van der Waals surface area (Å²) in [4.78, 5) is 23.5. The van der Waals surface area contributed by atoms with E-state index in [1.165, 1.54) is 11.8 Å². The fraction of sp³-hybridized carbons (Fsp3) is 0.250. The summed E-state index contributed by atoms with van der Waals surface area (Å²) in [5.74, 6) is 1.21. The molecule has 12 heteroatoms. The molecule has 0 radical (unpaired) electrons. The molecule has 4 heterocycles. The Labute approximate surface area is 210 Å². The molecule has 1 aromatic carbocycles. The van der Waals surface area contributed by atoms with Crippen LogP contribution in [-0.2, 0) is 7.05 Å². The van der Waals surface area contributed by atoms with Crippen molar-refractivity contribution in [3.63, 3.8) is 0 Å². The molecule has 3 aromatic heterocycles. The first-order chi connectivity index (χ1) is 17.4. The maximum absolute atomic E-state index is 12.8. The van der Waals surface area contributed by atoms with E-state index >= 15 is 0 Å². The molecule has 1 saturated heterocycles. The highest BCUT2D eigenvalue weighted by atomic mass is 35.5. The summed E-state index contributed by atoms with van der Waals surface area (Å²) in [6, 6.07) is 12.5. The molecule has 0 saturated carbocycles. The van der Waals surface area contributed by atoms with Crippen LogP contribution in [-0.4, -0.2) is 44.7 Å². The Balaban J connectivity index is 1.54. The summed E-state index contributed by atoms with van der Waals surface area (Å²) in [7, 11) is 3.12. The number of aromatic nitrogens is 4. The second-order valence-corrected chi connectivity index (χ2v) is 8.72. The fourth-order valence-corrected chi connectivity index (χ4v) is 4.59. The van der Waals surface area contributed by atoms with Gasteiger partial charge in [0, 0.05) is 19.7 Å². The first kappa shape index (κ1) is 23.5. The van der Waals surface area contributed by atoms with Gasteiger partial charge in [-0.2, -0.15) is 5.26 Å². The number of para-hydroxylation sites is 1. The molecule has 1 atom stereocenters. The van der Waals surface area contributed by atoms with Gasteiger partial charge in [0.25, 0.3) is 5.56 Å². The highest BCUT2D eigenvalue weighted by molar-refractivity contribution is 6.32. The number of fused-ring (bicyclic) bond motifs is 1. The smallest absolute Gasteiger partial charge is 0.277 e. The lowest BCUT2D eigenvalue weighted by Gasteiger charge is -2.23. The number of aliphatic hydroxyl groups is 1. The molecule has 36 heavy (non-hydrogen) atoms. The van der Waals surface area contributed by atoms with Gasteiger partial charge in [0.1, 0.15) is 29.3 Å². The number of aliphatic hydroxyl groups excluding tert-OH is 1. The Bertz CT molecular complexity index is 1560. The number of rotatable bonds is 6. The lowest BCUT2D eigenvalue weighted by molar-refractivity contribution is 0.185. The number of H-pyrrole nitrogens is 1. The van der Waals surface area contributed by atoms with E-state index in [-0.39, 0.29) is 11.3 Å². The summed E-state index contributed by atoms with van der Waals surface area (Å²) in [6.45, 7) is 0.659. The molecule has 5 rings (SSSR count). The van der Waals surface area contributed by atoms with Crippen molar-refractivity contribution in [2.45, 2.75) is 19.1 Å². The van der Waals surface area contributed by atoms with Gasteiger partial charge in [-0.05, 0) is 37.1 Å². The molecular formula is C24H23ClN8O3. The highest BCUT2D eigenvalue weighted by Crippen LogP contribution is 2.36. The zero-order valence-electron chi connectivity index (χ0n) is 19.5. The number of hydrogen-bond donors (Lipinski definition) is 4. The molecule has 1 unspecified atom stereocenters. The average molecular weight is 507 g/mol. The summed E-state index contributed by atoms with van der Waals surface area (Å²) in [5.41, 5.74) is 1.92.